The van der Waals surface area contributed by atoms with Gasteiger partial charge in [-0.3, -0.25) is 14.2 Å². The summed E-state index contributed by atoms with van der Waals surface area (Å²) in [7, 11) is 1.80. The van der Waals surface area contributed by atoms with Crippen molar-refractivity contribution in [3.05, 3.63) is 35.9 Å². The fraction of sp³-hybridized carbons (Fsp3) is 0.500. The zero-order valence-corrected chi connectivity index (χ0v) is 12.5. The average Bonchev–Trinajstić information content (AvgIpc) is 3.15. The normalized spacial score (nSPS) is 18.6. The Morgan fingerprint density at radius 2 is 2.22 bits per heavy atom. The molecule has 6 nitrogen and oxygen atoms in total. The van der Waals surface area contributed by atoms with Crippen LogP contribution in [0.4, 0.5) is 13.2 Å². The minimum Gasteiger partial charge on any atom is -0.334 e. The van der Waals surface area contributed by atoms with E-state index in [1.165, 1.54) is 6.20 Å². The Balaban J connectivity index is 1.71. The van der Waals surface area contributed by atoms with Gasteiger partial charge in [0, 0.05) is 31.5 Å². The number of aryl methyl sites for hydroxylation is 1. The van der Waals surface area contributed by atoms with E-state index in [4.69, 9.17) is 0 Å². The first-order valence-corrected chi connectivity index (χ1v) is 7.23. The van der Waals surface area contributed by atoms with Crippen LogP contribution in [0.15, 0.2) is 24.7 Å². The Morgan fingerprint density at radius 1 is 1.43 bits per heavy atom. The van der Waals surface area contributed by atoms with Gasteiger partial charge >= 0.3 is 6.18 Å². The van der Waals surface area contributed by atoms with Crippen LogP contribution in [0.1, 0.15) is 30.1 Å². The Hall–Kier alpha value is -2.32. The molecular formula is C14H16F3N5O. The molecule has 0 saturated carbocycles. The molecule has 0 spiro atoms. The van der Waals surface area contributed by atoms with Crippen LogP contribution >= 0.6 is 0 Å². The van der Waals surface area contributed by atoms with Gasteiger partial charge in [-0.1, -0.05) is 0 Å². The Bertz CT molecular complexity index is 705. The lowest BCUT2D eigenvalue weighted by molar-refractivity contribution is -0.142. The third-order valence-electron chi connectivity index (χ3n) is 3.91. The first-order chi connectivity index (χ1) is 10.8. The molecule has 1 saturated heterocycles. The minimum atomic E-state index is -4.50. The van der Waals surface area contributed by atoms with E-state index in [1.54, 1.807) is 22.8 Å². The lowest BCUT2D eigenvalue weighted by Gasteiger charge is -2.23. The maximum absolute atomic E-state index is 12.5. The summed E-state index contributed by atoms with van der Waals surface area (Å²) in [5, 5.41) is 7.53. The second-order valence-electron chi connectivity index (χ2n) is 5.59. The van der Waals surface area contributed by atoms with Crippen LogP contribution in [0, 0.1) is 0 Å². The monoisotopic (exact) mass is 327 g/mol. The number of halogens is 3. The zero-order chi connectivity index (χ0) is 16.6. The molecule has 0 aliphatic carbocycles. The Kier molecular flexibility index (Phi) is 3.87. The van der Waals surface area contributed by atoms with Crippen molar-refractivity contribution >= 4 is 5.91 Å². The highest BCUT2D eigenvalue weighted by Gasteiger charge is 2.34. The van der Waals surface area contributed by atoms with Crippen molar-refractivity contribution in [3.8, 4) is 0 Å². The Morgan fingerprint density at radius 3 is 2.83 bits per heavy atom. The number of likely N-dealkylation sites (tertiary alicyclic amines) is 1. The lowest BCUT2D eigenvalue weighted by atomic mass is 10.1. The summed E-state index contributed by atoms with van der Waals surface area (Å²) >= 11 is 0. The van der Waals surface area contributed by atoms with Crippen molar-refractivity contribution in [2.75, 3.05) is 6.54 Å². The molecule has 2 aromatic heterocycles. The summed E-state index contributed by atoms with van der Waals surface area (Å²) in [4.78, 5) is 14.1. The summed E-state index contributed by atoms with van der Waals surface area (Å²) in [6.45, 7) is 0.388. The number of hydrogen-bond acceptors (Lipinski definition) is 3. The van der Waals surface area contributed by atoms with Gasteiger partial charge < -0.3 is 4.90 Å². The molecule has 0 bridgehead atoms. The first kappa shape index (κ1) is 15.6. The molecule has 3 heterocycles. The highest BCUT2D eigenvalue weighted by atomic mass is 19.4. The zero-order valence-electron chi connectivity index (χ0n) is 12.5. The third kappa shape index (κ3) is 3.22. The number of carbonyl (C=O) groups excluding carboxylic acids is 1. The summed E-state index contributed by atoms with van der Waals surface area (Å²) in [5.74, 6) is -0.242. The van der Waals surface area contributed by atoms with Gasteiger partial charge in [0.2, 0.25) is 5.91 Å². The third-order valence-corrected chi connectivity index (χ3v) is 3.91. The van der Waals surface area contributed by atoms with Gasteiger partial charge in [0.1, 0.15) is 6.54 Å². The van der Waals surface area contributed by atoms with E-state index in [9.17, 15) is 18.0 Å². The highest BCUT2D eigenvalue weighted by molar-refractivity contribution is 5.76. The maximum Gasteiger partial charge on any atom is 0.435 e. The molecule has 0 N–H and O–H groups in total. The molecule has 1 aliphatic heterocycles. The van der Waals surface area contributed by atoms with Gasteiger partial charge in [0.15, 0.2) is 5.69 Å². The van der Waals surface area contributed by atoms with Crippen molar-refractivity contribution < 1.29 is 18.0 Å². The summed E-state index contributed by atoms with van der Waals surface area (Å²) in [6, 6.07) is 0.796. The number of carbonyl (C=O) groups is 1. The van der Waals surface area contributed by atoms with Crippen LogP contribution < -0.4 is 0 Å². The number of alkyl halides is 3. The van der Waals surface area contributed by atoms with Crippen molar-refractivity contribution in [3.63, 3.8) is 0 Å². The van der Waals surface area contributed by atoms with Crippen LogP contribution in [0.5, 0.6) is 0 Å². The van der Waals surface area contributed by atoms with E-state index < -0.39 is 11.9 Å². The average molecular weight is 327 g/mol. The minimum absolute atomic E-state index is 0.0751. The van der Waals surface area contributed by atoms with Crippen molar-refractivity contribution in [1.29, 1.82) is 0 Å². The van der Waals surface area contributed by atoms with Gasteiger partial charge in [0.05, 0.1) is 12.2 Å². The van der Waals surface area contributed by atoms with E-state index in [1.807, 2.05) is 6.20 Å². The van der Waals surface area contributed by atoms with Crippen LogP contribution in [0.2, 0.25) is 0 Å². The number of amides is 1. The molecule has 9 heteroatoms. The van der Waals surface area contributed by atoms with Gasteiger partial charge in [-0.25, -0.2) is 0 Å². The largest absolute Gasteiger partial charge is 0.435 e. The lowest BCUT2D eigenvalue weighted by Crippen LogP contribution is -2.33. The molecule has 1 aliphatic rings. The topological polar surface area (TPSA) is 56.0 Å². The molecule has 0 aromatic carbocycles. The van der Waals surface area contributed by atoms with E-state index in [0.717, 1.165) is 29.2 Å². The van der Waals surface area contributed by atoms with Gasteiger partial charge in [-0.15, -0.1) is 0 Å². The second-order valence-corrected chi connectivity index (χ2v) is 5.59. The van der Waals surface area contributed by atoms with E-state index in [-0.39, 0.29) is 18.5 Å². The van der Waals surface area contributed by atoms with E-state index in [0.29, 0.717) is 6.54 Å². The fourth-order valence-electron chi connectivity index (χ4n) is 2.85. The van der Waals surface area contributed by atoms with E-state index >= 15 is 0 Å². The smallest absolute Gasteiger partial charge is 0.334 e. The molecule has 3 rings (SSSR count). The standard InChI is InChI=1S/C14H16F3N5O/c1-20-8-10(7-18-20)11-3-2-5-22(11)13(23)9-21-6-4-12(19-21)14(15,16)17/h4,6-8,11H,2-3,5,9H2,1H3/t11-/m0/s1. The van der Waals surface area contributed by atoms with Crippen molar-refractivity contribution in [2.24, 2.45) is 7.05 Å². The summed E-state index contributed by atoms with van der Waals surface area (Å²) < 4.78 is 40.3. The van der Waals surface area contributed by atoms with Crippen LogP contribution in [0.25, 0.3) is 0 Å². The van der Waals surface area contributed by atoms with Gasteiger partial charge in [-0.05, 0) is 18.9 Å². The number of rotatable bonds is 3. The van der Waals surface area contributed by atoms with Gasteiger partial charge in [0.25, 0.3) is 0 Å². The number of aromatic nitrogens is 4. The molecule has 23 heavy (non-hydrogen) atoms. The fourth-order valence-corrected chi connectivity index (χ4v) is 2.85. The predicted octanol–water partition coefficient (Wildman–Crippen LogP) is 2.00. The molecule has 1 amide bonds. The molecule has 0 radical (unpaired) electrons. The molecule has 0 unspecified atom stereocenters. The molecule has 2 aromatic rings. The first-order valence-electron chi connectivity index (χ1n) is 7.23. The molecule has 1 atom stereocenters. The number of nitrogens with zero attached hydrogens (tertiary/aromatic N) is 5. The maximum atomic E-state index is 12.5. The Labute approximate surface area is 130 Å². The van der Waals surface area contributed by atoms with E-state index in [2.05, 4.69) is 10.2 Å². The van der Waals surface area contributed by atoms with Gasteiger partial charge in [-0.2, -0.15) is 23.4 Å². The predicted molar refractivity (Wildman–Crippen MR) is 74.1 cm³/mol. The van der Waals surface area contributed by atoms with Crippen molar-refractivity contribution in [1.82, 2.24) is 24.5 Å². The molecular weight excluding hydrogens is 311 g/mol. The van der Waals surface area contributed by atoms with Crippen LogP contribution in [0.3, 0.4) is 0 Å². The summed E-state index contributed by atoms with van der Waals surface area (Å²) in [6.07, 6.45) is 1.93. The quantitative estimate of drug-likeness (QED) is 0.866. The second kappa shape index (κ2) is 5.71. The van der Waals surface area contributed by atoms with Crippen LogP contribution in [-0.4, -0.2) is 36.9 Å². The molecule has 124 valence electrons. The number of hydrogen-bond donors (Lipinski definition) is 0. The molecule has 1 fully saturated rings. The highest BCUT2D eigenvalue weighted by Crippen LogP contribution is 2.32. The van der Waals surface area contributed by atoms with Crippen LogP contribution in [-0.2, 0) is 24.6 Å². The SMILES string of the molecule is Cn1cc([C@@H]2CCCN2C(=O)Cn2ccc(C(F)(F)F)n2)cn1. The summed E-state index contributed by atoms with van der Waals surface area (Å²) in [5.41, 5.74) is -0.0506. The van der Waals surface area contributed by atoms with Crippen molar-refractivity contribution in [2.45, 2.75) is 31.6 Å².